The smallest absolute Gasteiger partial charge is 0.214 e. The zero-order valence-corrected chi connectivity index (χ0v) is 14.3. The number of hydrogen-bond acceptors (Lipinski definition) is 3. The number of benzene rings is 1. The third-order valence-electron chi connectivity index (χ3n) is 5.33. The summed E-state index contributed by atoms with van der Waals surface area (Å²) in [5.74, 6) is 0.238. The van der Waals surface area contributed by atoms with Crippen molar-refractivity contribution in [1.82, 2.24) is 9.21 Å². The van der Waals surface area contributed by atoms with Crippen molar-refractivity contribution in [2.24, 2.45) is 0 Å². The fourth-order valence-corrected chi connectivity index (χ4v) is 5.65. The second-order valence-electron chi connectivity index (χ2n) is 6.79. The van der Waals surface area contributed by atoms with Gasteiger partial charge in [-0.05, 0) is 37.8 Å². The maximum atomic E-state index is 12.8. The molecule has 4 nitrogen and oxygen atoms in total. The van der Waals surface area contributed by atoms with Gasteiger partial charge in [-0.2, -0.15) is 0 Å². The lowest BCUT2D eigenvalue weighted by molar-refractivity contribution is 0.246. The first-order chi connectivity index (χ1) is 10.5. The lowest BCUT2D eigenvalue weighted by atomic mass is 10.0. The Morgan fingerprint density at radius 3 is 2.55 bits per heavy atom. The van der Waals surface area contributed by atoms with Gasteiger partial charge in [-0.25, -0.2) is 12.7 Å². The molecule has 2 saturated heterocycles. The van der Waals surface area contributed by atoms with Crippen molar-refractivity contribution in [1.29, 1.82) is 0 Å². The topological polar surface area (TPSA) is 40.6 Å². The Labute approximate surface area is 134 Å². The molecule has 2 aliphatic heterocycles. The first kappa shape index (κ1) is 16.0. The van der Waals surface area contributed by atoms with E-state index in [1.165, 1.54) is 6.42 Å². The summed E-state index contributed by atoms with van der Waals surface area (Å²) in [6.07, 6.45) is 3.31. The largest absolute Gasteiger partial charge is 0.299 e. The lowest BCUT2D eigenvalue weighted by Crippen LogP contribution is -2.41. The van der Waals surface area contributed by atoms with E-state index >= 15 is 0 Å². The highest BCUT2D eigenvalue weighted by Gasteiger charge is 2.38. The number of sulfonamides is 1. The Bertz CT molecular complexity index is 602. The average Bonchev–Trinajstić information content (AvgIpc) is 2.72. The summed E-state index contributed by atoms with van der Waals surface area (Å²) in [6.45, 7) is 3.34. The molecule has 2 bridgehead atoms. The van der Waals surface area contributed by atoms with Crippen LogP contribution in [0.25, 0.3) is 0 Å². The van der Waals surface area contributed by atoms with Crippen LogP contribution in [0.4, 0.5) is 0 Å². The SMILES string of the molecule is CC(CS(=O)(=O)N1CCC2CCC(C1)N2C)c1ccccc1. The molecule has 0 radical (unpaired) electrons. The van der Waals surface area contributed by atoms with Gasteiger partial charge in [-0.15, -0.1) is 0 Å². The van der Waals surface area contributed by atoms with Crippen LogP contribution >= 0.6 is 0 Å². The third kappa shape index (κ3) is 3.21. The van der Waals surface area contributed by atoms with Crippen molar-refractivity contribution in [3.8, 4) is 0 Å². The van der Waals surface area contributed by atoms with E-state index in [9.17, 15) is 8.42 Å². The Balaban J connectivity index is 1.70. The van der Waals surface area contributed by atoms with Crippen LogP contribution in [0.5, 0.6) is 0 Å². The van der Waals surface area contributed by atoms with Crippen LogP contribution < -0.4 is 0 Å². The van der Waals surface area contributed by atoms with E-state index in [1.807, 2.05) is 37.3 Å². The highest BCUT2D eigenvalue weighted by Crippen LogP contribution is 2.30. The molecule has 3 rings (SSSR count). The van der Waals surface area contributed by atoms with Crippen LogP contribution in [0.2, 0.25) is 0 Å². The van der Waals surface area contributed by atoms with E-state index in [0.29, 0.717) is 25.2 Å². The summed E-state index contributed by atoms with van der Waals surface area (Å²) in [5.41, 5.74) is 1.10. The minimum Gasteiger partial charge on any atom is -0.299 e. The molecule has 2 heterocycles. The summed E-state index contributed by atoms with van der Waals surface area (Å²) in [6, 6.07) is 10.9. The minimum atomic E-state index is -3.19. The summed E-state index contributed by atoms with van der Waals surface area (Å²) in [5, 5.41) is 0. The molecule has 2 aliphatic rings. The summed E-state index contributed by atoms with van der Waals surface area (Å²) >= 11 is 0. The first-order valence-corrected chi connectivity index (χ1v) is 9.83. The number of rotatable bonds is 4. The van der Waals surface area contributed by atoms with Gasteiger partial charge in [0, 0.05) is 25.2 Å². The van der Waals surface area contributed by atoms with E-state index in [0.717, 1.165) is 18.4 Å². The molecule has 22 heavy (non-hydrogen) atoms. The number of fused-ring (bicyclic) bond motifs is 2. The highest BCUT2D eigenvalue weighted by atomic mass is 32.2. The normalized spacial score (nSPS) is 28.5. The molecule has 5 heteroatoms. The molecular formula is C17H26N2O2S. The van der Waals surface area contributed by atoms with Gasteiger partial charge in [0.25, 0.3) is 0 Å². The molecule has 0 aliphatic carbocycles. The molecule has 1 aromatic rings. The van der Waals surface area contributed by atoms with Gasteiger partial charge in [-0.3, -0.25) is 4.90 Å². The quantitative estimate of drug-likeness (QED) is 0.854. The summed E-state index contributed by atoms with van der Waals surface area (Å²) in [7, 11) is -1.05. The van der Waals surface area contributed by atoms with Gasteiger partial charge in [-0.1, -0.05) is 37.3 Å². The van der Waals surface area contributed by atoms with Gasteiger partial charge in [0.05, 0.1) is 5.75 Å². The van der Waals surface area contributed by atoms with E-state index in [2.05, 4.69) is 11.9 Å². The fourth-order valence-electron chi connectivity index (χ4n) is 3.83. The van der Waals surface area contributed by atoms with Gasteiger partial charge < -0.3 is 0 Å². The van der Waals surface area contributed by atoms with Gasteiger partial charge >= 0.3 is 0 Å². The lowest BCUT2D eigenvalue weighted by Gasteiger charge is -2.26. The molecule has 0 saturated carbocycles. The zero-order valence-electron chi connectivity index (χ0n) is 13.5. The predicted molar refractivity (Wildman–Crippen MR) is 89.4 cm³/mol. The highest BCUT2D eigenvalue weighted by molar-refractivity contribution is 7.89. The summed E-state index contributed by atoms with van der Waals surface area (Å²) in [4.78, 5) is 2.39. The van der Waals surface area contributed by atoms with Crippen molar-refractivity contribution in [2.75, 3.05) is 25.9 Å². The molecular weight excluding hydrogens is 296 g/mol. The standard InChI is InChI=1S/C17H26N2O2S/c1-14(15-6-4-3-5-7-15)13-22(20,21)19-11-10-16-8-9-17(12-19)18(16)2/h3-7,14,16-17H,8-13H2,1-2H3. The second-order valence-corrected chi connectivity index (χ2v) is 8.80. The van der Waals surface area contributed by atoms with E-state index in [1.54, 1.807) is 4.31 Å². The number of hydrogen-bond donors (Lipinski definition) is 0. The molecule has 1 aromatic carbocycles. The van der Waals surface area contributed by atoms with Crippen molar-refractivity contribution >= 4 is 10.0 Å². The van der Waals surface area contributed by atoms with Crippen LogP contribution in [0.15, 0.2) is 30.3 Å². The van der Waals surface area contributed by atoms with Crippen LogP contribution in [0.3, 0.4) is 0 Å². The van der Waals surface area contributed by atoms with Crippen LogP contribution in [-0.2, 0) is 10.0 Å². The monoisotopic (exact) mass is 322 g/mol. The van der Waals surface area contributed by atoms with Gasteiger partial charge in [0.15, 0.2) is 0 Å². The minimum absolute atomic E-state index is 0.0318. The first-order valence-electron chi connectivity index (χ1n) is 8.22. The van der Waals surface area contributed by atoms with E-state index < -0.39 is 10.0 Å². The number of likely N-dealkylation sites (N-methyl/N-ethyl adjacent to an activating group) is 1. The predicted octanol–water partition coefficient (Wildman–Crippen LogP) is 2.29. The molecule has 0 N–H and O–H groups in total. The maximum absolute atomic E-state index is 12.8. The summed E-state index contributed by atoms with van der Waals surface area (Å²) < 4.78 is 27.4. The second kappa shape index (κ2) is 6.30. The van der Waals surface area contributed by atoms with E-state index in [4.69, 9.17) is 0 Å². The molecule has 3 unspecified atom stereocenters. The zero-order chi connectivity index (χ0) is 15.7. The van der Waals surface area contributed by atoms with Crippen molar-refractivity contribution < 1.29 is 8.42 Å². The third-order valence-corrected chi connectivity index (χ3v) is 7.37. The average molecular weight is 322 g/mol. The maximum Gasteiger partial charge on any atom is 0.214 e. The van der Waals surface area contributed by atoms with Crippen LogP contribution in [0.1, 0.15) is 37.7 Å². The molecule has 0 spiro atoms. The number of nitrogens with zero attached hydrogens (tertiary/aromatic N) is 2. The molecule has 0 aromatic heterocycles. The molecule has 2 fully saturated rings. The Morgan fingerprint density at radius 2 is 1.82 bits per heavy atom. The fraction of sp³-hybridized carbons (Fsp3) is 0.647. The van der Waals surface area contributed by atoms with Crippen molar-refractivity contribution in [3.05, 3.63) is 35.9 Å². The van der Waals surface area contributed by atoms with Crippen LogP contribution in [0, 0.1) is 0 Å². The van der Waals surface area contributed by atoms with Crippen molar-refractivity contribution in [3.63, 3.8) is 0 Å². The Morgan fingerprint density at radius 1 is 1.14 bits per heavy atom. The molecule has 3 atom stereocenters. The van der Waals surface area contributed by atoms with Crippen LogP contribution in [-0.4, -0.2) is 55.6 Å². The van der Waals surface area contributed by atoms with Gasteiger partial charge in [0.2, 0.25) is 10.0 Å². The van der Waals surface area contributed by atoms with Gasteiger partial charge in [0.1, 0.15) is 0 Å². The molecule has 0 amide bonds. The molecule has 122 valence electrons. The Hall–Kier alpha value is -0.910. The van der Waals surface area contributed by atoms with Crippen molar-refractivity contribution in [2.45, 2.75) is 44.2 Å². The Kier molecular flexibility index (Phi) is 4.57. The van der Waals surface area contributed by atoms with E-state index in [-0.39, 0.29) is 11.7 Å².